The zero-order valence-corrected chi connectivity index (χ0v) is 7.78. The first-order valence-electron chi connectivity index (χ1n) is 4.01. The minimum Gasteiger partial charge on any atom is -0.330 e. The van der Waals surface area contributed by atoms with Crippen LogP contribution in [0.25, 0.3) is 0 Å². The largest absolute Gasteiger partial charge is 0.330 e. The Kier molecular flexibility index (Phi) is 1.27. The van der Waals surface area contributed by atoms with Crippen LogP contribution >= 0.6 is 0 Å². The van der Waals surface area contributed by atoms with E-state index in [1.165, 1.54) is 0 Å². The Balaban J connectivity index is 2.90. The van der Waals surface area contributed by atoms with Gasteiger partial charge in [-0.3, -0.25) is 0 Å². The summed E-state index contributed by atoms with van der Waals surface area (Å²) in [5, 5.41) is 0. The summed E-state index contributed by atoms with van der Waals surface area (Å²) in [6, 6.07) is 0. The van der Waals surface area contributed by atoms with Gasteiger partial charge in [0.05, 0.1) is 0 Å². The van der Waals surface area contributed by atoms with Gasteiger partial charge in [0.2, 0.25) is 0 Å². The summed E-state index contributed by atoms with van der Waals surface area (Å²) in [6.45, 7) is 12.3. The second kappa shape index (κ2) is 1.58. The summed E-state index contributed by atoms with van der Waals surface area (Å²) in [5.41, 5.74) is 6.93. The van der Waals surface area contributed by atoms with Crippen LogP contribution in [0.1, 0.15) is 34.6 Å². The second-order valence-corrected chi connectivity index (χ2v) is 4.79. The maximum Gasteiger partial charge on any atom is -0.00125 e. The van der Waals surface area contributed by atoms with Crippen molar-refractivity contribution in [3.05, 3.63) is 0 Å². The number of hydrogen-bond donors (Lipinski definition) is 1. The van der Waals surface area contributed by atoms with Crippen LogP contribution in [0, 0.1) is 16.2 Å². The molecule has 0 unspecified atom stereocenters. The van der Waals surface area contributed by atoms with E-state index in [4.69, 9.17) is 5.73 Å². The van der Waals surface area contributed by atoms with Crippen LogP contribution in [0.15, 0.2) is 0 Å². The standard InChI is InChI=1S/C9H19N/c1-7(2)8(3,4)9(7,5)6-10/h6,10H2,1-5H3. The van der Waals surface area contributed by atoms with E-state index in [1.807, 2.05) is 0 Å². The van der Waals surface area contributed by atoms with Crippen LogP contribution < -0.4 is 5.73 Å². The van der Waals surface area contributed by atoms with Crippen molar-refractivity contribution in [3.63, 3.8) is 0 Å². The second-order valence-electron chi connectivity index (χ2n) is 4.79. The smallest absolute Gasteiger partial charge is 0.00125 e. The average molecular weight is 141 g/mol. The molecule has 1 rings (SSSR count). The first-order valence-corrected chi connectivity index (χ1v) is 4.01. The van der Waals surface area contributed by atoms with E-state index < -0.39 is 0 Å². The molecule has 0 amide bonds. The van der Waals surface area contributed by atoms with Crippen molar-refractivity contribution in [1.29, 1.82) is 0 Å². The van der Waals surface area contributed by atoms with Crippen molar-refractivity contribution in [1.82, 2.24) is 0 Å². The monoisotopic (exact) mass is 141 g/mol. The van der Waals surface area contributed by atoms with E-state index >= 15 is 0 Å². The highest BCUT2D eigenvalue weighted by Crippen LogP contribution is 2.76. The van der Waals surface area contributed by atoms with Crippen LogP contribution in [0.3, 0.4) is 0 Å². The summed E-state index contributed by atoms with van der Waals surface area (Å²) in [4.78, 5) is 0. The van der Waals surface area contributed by atoms with Gasteiger partial charge >= 0.3 is 0 Å². The predicted octanol–water partition coefficient (Wildman–Crippen LogP) is 2.02. The molecule has 1 nitrogen and oxygen atoms in total. The minimum atomic E-state index is 0.361. The molecule has 1 fully saturated rings. The highest BCUT2D eigenvalue weighted by molar-refractivity contribution is 5.21. The van der Waals surface area contributed by atoms with Crippen LogP contribution in [-0.2, 0) is 0 Å². The zero-order chi connectivity index (χ0) is 8.21. The SMILES string of the molecule is CC1(C)C(C)(C)C1(C)CN. The van der Waals surface area contributed by atoms with Crippen LogP contribution in [0.4, 0.5) is 0 Å². The van der Waals surface area contributed by atoms with Gasteiger partial charge in [-0.25, -0.2) is 0 Å². The third-order valence-electron chi connectivity index (χ3n) is 4.67. The van der Waals surface area contributed by atoms with Crippen molar-refractivity contribution in [3.8, 4) is 0 Å². The van der Waals surface area contributed by atoms with E-state index in [0.29, 0.717) is 16.2 Å². The maximum absolute atomic E-state index is 5.72. The van der Waals surface area contributed by atoms with E-state index in [-0.39, 0.29) is 0 Å². The van der Waals surface area contributed by atoms with E-state index in [2.05, 4.69) is 34.6 Å². The summed E-state index contributed by atoms with van der Waals surface area (Å²) in [5.74, 6) is 0. The molecular formula is C9H19N. The molecule has 2 N–H and O–H groups in total. The van der Waals surface area contributed by atoms with Gasteiger partial charge in [-0.2, -0.15) is 0 Å². The van der Waals surface area contributed by atoms with E-state index in [0.717, 1.165) is 6.54 Å². The molecule has 1 saturated carbocycles. The molecule has 0 aromatic carbocycles. The van der Waals surface area contributed by atoms with Gasteiger partial charge < -0.3 is 5.73 Å². The molecule has 60 valence electrons. The van der Waals surface area contributed by atoms with Crippen LogP contribution in [0.5, 0.6) is 0 Å². The predicted molar refractivity (Wildman–Crippen MR) is 44.7 cm³/mol. The molecule has 1 heteroatoms. The Morgan fingerprint density at radius 1 is 0.900 bits per heavy atom. The Morgan fingerprint density at radius 3 is 1.20 bits per heavy atom. The average Bonchev–Trinajstić information content (AvgIpc) is 2.11. The Hall–Kier alpha value is -0.0400. The molecular weight excluding hydrogens is 122 g/mol. The third kappa shape index (κ3) is 0.493. The Bertz CT molecular complexity index is 142. The van der Waals surface area contributed by atoms with Gasteiger partial charge in [-0.15, -0.1) is 0 Å². The highest BCUT2D eigenvalue weighted by Gasteiger charge is 2.72. The first-order chi connectivity index (χ1) is 4.31. The summed E-state index contributed by atoms with van der Waals surface area (Å²) < 4.78 is 0. The summed E-state index contributed by atoms with van der Waals surface area (Å²) in [7, 11) is 0. The van der Waals surface area contributed by atoms with Gasteiger partial charge in [-0.05, 0) is 22.8 Å². The molecule has 0 bridgehead atoms. The molecule has 0 atom stereocenters. The van der Waals surface area contributed by atoms with Crippen molar-refractivity contribution in [2.75, 3.05) is 6.54 Å². The van der Waals surface area contributed by atoms with Crippen molar-refractivity contribution in [2.45, 2.75) is 34.6 Å². The van der Waals surface area contributed by atoms with Crippen molar-refractivity contribution >= 4 is 0 Å². The lowest BCUT2D eigenvalue weighted by atomic mass is 9.98. The minimum absolute atomic E-state index is 0.361. The lowest BCUT2D eigenvalue weighted by molar-refractivity contribution is 0.421. The zero-order valence-electron chi connectivity index (χ0n) is 7.78. The molecule has 0 spiro atoms. The molecule has 0 aliphatic heterocycles. The molecule has 0 radical (unpaired) electrons. The molecule has 10 heavy (non-hydrogen) atoms. The maximum atomic E-state index is 5.72. The van der Waals surface area contributed by atoms with Gasteiger partial charge in [0, 0.05) is 0 Å². The molecule has 1 aliphatic carbocycles. The van der Waals surface area contributed by atoms with Gasteiger partial charge in [0.25, 0.3) is 0 Å². The number of nitrogens with two attached hydrogens (primary N) is 1. The Labute approximate surface area is 64.0 Å². The fourth-order valence-electron chi connectivity index (χ4n) is 2.22. The summed E-state index contributed by atoms with van der Waals surface area (Å²) >= 11 is 0. The molecule has 0 heterocycles. The van der Waals surface area contributed by atoms with E-state index in [9.17, 15) is 0 Å². The van der Waals surface area contributed by atoms with Gasteiger partial charge in [-0.1, -0.05) is 34.6 Å². The fourth-order valence-corrected chi connectivity index (χ4v) is 2.22. The third-order valence-corrected chi connectivity index (χ3v) is 4.67. The Morgan fingerprint density at radius 2 is 1.20 bits per heavy atom. The number of rotatable bonds is 1. The van der Waals surface area contributed by atoms with Crippen molar-refractivity contribution < 1.29 is 0 Å². The molecule has 0 aromatic heterocycles. The normalized spacial score (nSPS) is 31.8. The van der Waals surface area contributed by atoms with Crippen LogP contribution in [-0.4, -0.2) is 6.54 Å². The number of hydrogen-bond acceptors (Lipinski definition) is 1. The van der Waals surface area contributed by atoms with Crippen molar-refractivity contribution in [2.24, 2.45) is 22.0 Å². The highest BCUT2D eigenvalue weighted by atomic mass is 14.8. The lowest BCUT2D eigenvalue weighted by Gasteiger charge is -2.10. The topological polar surface area (TPSA) is 26.0 Å². The fraction of sp³-hybridized carbons (Fsp3) is 1.00. The first kappa shape index (κ1) is 8.06. The lowest BCUT2D eigenvalue weighted by Crippen LogP contribution is -2.18. The molecule has 1 aliphatic rings. The summed E-state index contributed by atoms with van der Waals surface area (Å²) in [6.07, 6.45) is 0. The molecule has 0 aromatic rings. The van der Waals surface area contributed by atoms with Gasteiger partial charge in [0.1, 0.15) is 0 Å². The van der Waals surface area contributed by atoms with E-state index in [1.54, 1.807) is 0 Å². The molecule has 0 saturated heterocycles. The van der Waals surface area contributed by atoms with Gasteiger partial charge in [0.15, 0.2) is 0 Å². The quantitative estimate of drug-likeness (QED) is 0.594. The van der Waals surface area contributed by atoms with Crippen LogP contribution in [0.2, 0.25) is 0 Å².